The lowest BCUT2D eigenvalue weighted by Gasteiger charge is -2.33. The molecule has 114 valence electrons. The molecule has 0 radical (unpaired) electrons. The van der Waals surface area contributed by atoms with Crippen LogP contribution < -0.4 is 15.0 Å². The lowest BCUT2D eigenvalue weighted by atomic mass is 10.0. The largest absolute Gasteiger partial charge is 0.490 e. The van der Waals surface area contributed by atoms with Crippen LogP contribution in [-0.2, 0) is 0 Å². The summed E-state index contributed by atoms with van der Waals surface area (Å²) in [6.07, 6.45) is 2.03. The minimum absolute atomic E-state index is 0.00823. The molecule has 2 heterocycles. The van der Waals surface area contributed by atoms with Crippen LogP contribution in [0.4, 0.5) is 5.69 Å². The summed E-state index contributed by atoms with van der Waals surface area (Å²) < 4.78 is 5.73. The average Bonchev–Trinajstić information content (AvgIpc) is 3.00. The predicted molar refractivity (Wildman–Crippen MR) is 84.3 cm³/mol. The number of nitrogens with zero attached hydrogens (tertiary/aromatic N) is 1. The van der Waals surface area contributed by atoms with Crippen LogP contribution in [-0.4, -0.2) is 38.1 Å². The van der Waals surface area contributed by atoms with Gasteiger partial charge < -0.3 is 15.0 Å². The summed E-state index contributed by atoms with van der Waals surface area (Å²) in [6.45, 7) is 7.99. The van der Waals surface area contributed by atoms with Gasteiger partial charge in [0.15, 0.2) is 5.78 Å². The van der Waals surface area contributed by atoms with Crippen LogP contribution >= 0.6 is 0 Å². The molecule has 0 bridgehead atoms. The number of benzene rings is 1. The second-order valence-corrected chi connectivity index (χ2v) is 6.38. The minimum atomic E-state index is -0.00823. The van der Waals surface area contributed by atoms with Crippen molar-refractivity contribution in [3.63, 3.8) is 0 Å². The highest BCUT2D eigenvalue weighted by molar-refractivity contribution is 6.01. The van der Waals surface area contributed by atoms with Gasteiger partial charge in [-0.2, -0.15) is 0 Å². The topological polar surface area (TPSA) is 41.6 Å². The monoisotopic (exact) mass is 288 g/mol. The Labute approximate surface area is 126 Å². The lowest BCUT2D eigenvalue weighted by molar-refractivity contribution is 0.0952. The maximum Gasteiger partial charge on any atom is 0.179 e. The maximum atomic E-state index is 12.5. The van der Waals surface area contributed by atoms with Crippen molar-refractivity contribution in [3.05, 3.63) is 23.8 Å². The van der Waals surface area contributed by atoms with Crippen molar-refractivity contribution in [2.75, 3.05) is 31.1 Å². The fraction of sp³-hybridized carbons (Fsp3) is 0.588. The highest BCUT2D eigenvalue weighted by Crippen LogP contribution is 2.33. The zero-order valence-corrected chi connectivity index (χ0v) is 12.9. The SMILES string of the molecule is CC(C)CN1CCOc2ccc(C(=O)C3CCCN3)cc21. The zero-order valence-electron chi connectivity index (χ0n) is 12.9. The van der Waals surface area contributed by atoms with E-state index >= 15 is 0 Å². The van der Waals surface area contributed by atoms with Crippen LogP contribution in [0.15, 0.2) is 18.2 Å². The van der Waals surface area contributed by atoms with Crippen molar-refractivity contribution in [1.82, 2.24) is 5.32 Å². The molecule has 2 aliphatic heterocycles. The average molecular weight is 288 g/mol. The van der Waals surface area contributed by atoms with E-state index in [0.717, 1.165) is 56.1 Å². The van der Waals surface area contributed by atoms with Gasteiger partial charge in [0.2, 0.25) is 0 Å². The molecule has 1 N–H and O–H groups in total. The van der Waals surface area contributed by atoms with Crippen LogP contribution in [0, 0.1) is 5.92 Å². The Balaban J connectivity index is 1.86. The number of rotatable bonds is 4. The standard InChI is InChI=1S/C17H24N2O2/c1-12(2)11-19-8-9-21-16-6-5-13(10-15(16)19)17(20)14-4-3-7-18-14/h5-6,10,12,14,18H,3-4,7-9,11H2,1-2H3. The molecule has 0 saturated carbocycles. The van der Waals surface area contributed by atoms with E-state index in [4.69, 9.17) is 4.74 Å². The van der Waals surface area contributed by atoms with Crippen molar-refractivity contribution in [2.45, 2.75) is 32.7 Å². The molecule has 2 aliphatic rings. The van der Waals surface area contributed by atoms with E-state index in [1.54, 1.807) is 0 Å². The van der Waals surface area contributed by atoms with Crippen LogP contribution in [0.1, 0.15) is 37.0 Å². The van der Waals surface area contributed by atoms with Gasteiger partial charge in [-0.05, 0) is 43.5 Å². The molecule has 0 spiro atoms. The van der Waals surface area contributed by atoms with Crippen LogP contribution in [0.25, 0.3) is 0 Å². The number of carbonyl (C=O) groups excluding carboxylic acids is 1. The molecule has 4 heteroatoms. The molecule has 4 nitrogen and oxygen atoms in total. The summed E-state index contributed by atoms with van der Waals surface area (Å²) in [4.78, 5) is 14.9. The number of carbonyl (C=O) groups is 1. The lowest BCUT2D eigenvalue weighted by Crippen LogP contribution is -2.36. The van der Waals surface area contributed by atoms with Gasteiger partial charge in [-0.25, -0.2) is 0 Å². The normalized spacial score (nSPS) is 21.3. The Morgan fingerprint density at radius 3 is 3.05 bits per heavy atom. The quantitative estimate of drug-likeness (QED) is 0.864. The molecule has 0 aliphatic carbocycles. The molecule has 1 atom stereocenters. The van der Waals surface area contributed by atoms with Crippen molar-refractivity contribution >= 4 is 11.5 Å². The summed E-state index contributed by atoms with van der Waals surface area (Å²) in [5.74, 6) is 1.70. The molecule has 21 heavy (non-hydrogen) atoms. The minimum Gasteiger partial charge on any atom is -0.490 e. The first-order valence-electron chi connectivity index (χ1n) is 7.94. The smallest absolute Gasteiger partial charge is 0.179 e. The van der Waals surface area contributed by atoms with E-state index in [2.05, 4.69) is 24.1 Å². The first-order chi connectivity index (χ1) is 10.1. The van der Waals surface area contributed by atoms with Crippen LogP contribution in [0.5, 0.6) is 5.75 Å². The van der Waals surface area contributed by atoms with Gasteiger partial charge in [0, 0.05) is 12.1 Å². The molecule has 1 fully saturated rings. The Hall–Kier alpha value is -1.55. The van der Waals surface area contributed by atoms with Gasteiger partial charge in [-0.3, -0.25) is 4.79 Å². The first kappa shape index (κ1) is 14.4. The Morgan fingerprint density at radius 2 is 2.33 bits per heavy atom. The van der Waals surface area contributed by atoms with E-state index in [9.17, 15) is 4.79 Å². The maximum absolute atomic E-state index is 12.5. The second kappa shape index (κ2) is 6.06. The summed E-state index contributed by atoms with van der Waals surface area (Å²) in [5, 5.41) is 3.28. The van der Waals surface area contributed by atoms with E-state index in [1.165, 1.54) is 0 Å². The molecule has 1 saturated heterocycles. The number of ether oxygens (including phenoxy) is 1. The number of nitrogens with one attached hydrogen (secondary N) is 1. The van der Waals surface area contributed by atoms with Gasteiger partial charge in [-0.1, -0.05) is 13.8 Å². The van der Waals surface area contributed by atoms with E-state index in [-0.39, 0.29) is 11.8 Å². The molecule has 1 unspecified atom stereocenters. The number of hydrogen-bond donors (Lipinski definition) is 1. The summed E-state index contributed by atoms with van der Waals surface area (Å²) in [6, 6.07) is 5.86. The highest BCUT2D eigenvalue weighted by Gasteiger charge is 2.26. The highest BCUT2D eigenvalue weighted by atomic mass is 16.5. The summed E-state index contributed by atoms with van der Waals surface area (Å²) >= 11 is 0. The second-order valence-electron chi connectivity index (χ2n) is 6.38. The molecule has 0 aromatic heterocycles. The van der Waals surface area contributed by atoms with Crippen LogP contribution in [0.2, 0.25) is 0 Å². The number of Topliss-reactive ketones (excluding diaryl/α,β-unsaturated/α-hetero) is 1. The van der Waals surface area contributed by atoms with Crippen molar-refractivity contribution in [1.29, 1.82) is 0 Å². The molecule has 3 rings (SSSR count). The number of fused-ring (bicyclic) bond motifs is 1. The Bertz CT molecular complexity index is 522. The van der Waals surface area contributed by atoms with Gasteiger partial charge >= 0.3 is 0 Å². The third kappa shape index (κ3) is 3.05. The van der Waals surface area contributed by atoms with Gasteiger partial charge in [0.1, 0.15) is 12.4 Å². The first-order valence-corrected chi connectivity index (χ1v) is 7.94. The summed E-state index contributed by atoms with van der Waals surface area (Å²) in [7, 11) is 0. The molecular weight excluding hydrogens is 264 g/mol. The Kier molecular flexibility index (Phi) is 4.15. The predicted octanol–water partition coefficient (Wildman–Crippen LogP) is 2.48. The molecule has 1 aromatic carbocycles. The van der Waals surface area contributed by atoms with Crippen molar-refractivity contribution < 1.29 is 9.53 Å². The molecule has 0 amide bonds. The molecule has 1 aromatic rings. The molecular formula is C17H24N2O2. The number of ketones is 1. The zero-order chi connectivity index (χ0) is 14.8. The van der Waals surface area contributed by atoms with Crippen LogP contribution in [0.3, 0.4) is 0 Å². The number of anilines is 1. The third-order valence-electron chi connectivity index (χ3n) is 4.17. The van der Waals surface area contributed by atoms with E-state index in [0.29, 0.717) is 5.92 Å². The fourth-order valence-corrected chi connectivity index (χ4v) is 3.17. The van der Waals surface area contributed by atoms with E-state index in [1.807, 2.05) is 18.2 Å². The fourth-order valence-electron chi connectivity index (χ4n) is 3.17. The third-order valence-corrected chi connectivity index (χ3v) is 4.17. The van der Waals surface area contributed by atoms with E-state index < -0.39 is 0 Å². The van der Waals surface area contributed by atoms with Gasteiger partial charge in [0.25, 0.3) is 0 Å². The number of hydrogen-bond acceptors (Lipinski definition) is 4. The summed E-state index contributed by atoms with van der Waals surface area (Å²) in [5.41, 5.74) is 1.87. The van der Waals surface area contributed by atoms with Gasteiger partial charge in [0.05, 0.1) is 18.3 Å². The van der Waals surface area contributed by atoms with Gasteiger partial charge in [-0.15, -0.1) is 0 Å². The van der Waals surface area contributed by atoms with Crippen molar-refractivity contribution in [2.24, 2.45) is 5.92 Å². The Morgan fingerprint density at radius 1 is 1.48 bits per heavy atom. The van der Waals surface area contributed by atoms with Crippen molar-refractivity contribution in [3.8, 4) is 5.75 Å².